The summed E-state index contributed by atoms with van der Waals surface area (Å²) in [6.07, 6.45) is 4.04. The van der Waals surface area contributed by atoms with E-state index < -0.39 is 9.84 Å². The van der Waals surface area contributed by atoms with Crippen LogP contribution in [0.5, 0.6) is 0 Å². The molecular formula is C24H49N3O4S2. The van der Waals surface area contributed by atoms with Crippen molar-refractivity contribution in [3.05, 3.63) is 0 Å². The number of carbonyl (C=O) groups excluding carboxylic acids is 2. The summed E-state index contributed by atoms with van der Waals surface area (Å²) in [5, 5.41) is 8.88. The average molecular weight is 508 g/mol. The van der Waals surface area contributed by atoms with Crippen molar-refractivity contribution in [3.8, 4) is 0 Å². The Labute approximate surface area is 207 Å². The Kier molecular flexibility index (Phi) is 18.1. The smallest absolute Gasteiger partial charge is 0.233 e. The van der Waals surface area contributed by atoms with Gasteiger partial charge in [-0.25, -0.2) is 8.42 Å². The van der Waals surface area contributed by atoms with Gasteiger partial charge in [0, 0.05) is 31.3 Å². The fraction of sp³-hybridized carbons (Fsp3) is 0.917. The van der Waals surface area contributed by atoms with Crippen LogP contribution in [0, 0.1) is 17.8 Å². The van der Waals surface area contributed by atoms with Crippen LogP contribution in [-0.2, 0) is 19.4 Å². The molecule has 196 valence electrons. The van der Waals surface area contributed by atoms with Crippen molar-refractivity contribution in [3.63, 3.8) is 0 Å². The van der Waals surface area contributed by atoms with Crippen LogP contribution in [-0.4, -0.2) is 68.9 Å². The van der Waals surface area contributed by atoms with Crippen molar-refractivity contribution in [2.45, 2.75) is 79.7 Å². The highest BCUT2D eigenvalue weighted by Crippen LogP contribution is 2.13. The topological polar surface area (TPSA) is 104 Å². The first-order valence-electron chi connectivity index (χ1n) is 12.5. The molecule has 0 aromatic rings. The zero-order valence-electron chi connectivity index (χ0n) is 21.7. The lowest BCUT2D eigenvalue weighted by Gasteiger charge is -2.17. The summed E-state index contributed by atoms with van der Waals surface area (Å²) in [5.74, 6) is 3.42. The van der Waals surface area contributed by atoms with Gasteiger partial charge in [-0.3, -0.25) is 9.59 Å². The van der Waals surface area contributed by atoms with Crippen molar-refractivity contribution in [1.29, 1.82) is 0 Å². The third-order valence-electron chi connectivity index (χ3n) is 5.36. The average Bonchev–Trinajstić information content (AvgIpc) is 2.70. The SMILES string of the molecule is CC(C)CCSCCNC(=O)CNC(C)CCC(C)CCS(=O)(=O)CCNC(=O)CC(C)C. The van der Waals surface area contributed by atoms with Crippen LogP contribution in [0.1, 0.15) is 73.6 Å². The Morgan fingerprint density at radius 3 is 2.06 bits per heavy atom. The summed E-state index contributed by atoms with van der Waals surface area (Å²) >= 11 is 1.88. The van der Waals surface area contributed by atoms with Gasteiger partial charge >= 0.3 is 0 Å². The minimum atomic E-state index is -3.17. The highest BCUT2D eigenvalue weighted by Gasteiger charge is 2.15. The number of sulfone groups is 1. The van der Waals surface area contributed by atoms with Crippen molar-refractivity contribution < 1.29 is 18.0 Å². The fourth-order valence-electron chi connectivity index (χ4n) is 3.07. The number of thioether (sulfide) groups is 1. The van der Waals surface area contributed by atoms with Crippen LogP contribution >= 0.6 is 11.8 Å². The molecule has 0 heterocycles. The minimum Gasteiger partial charge on any atom is -0.355 e. The quantitative estimate of drug-likeness (QED) is 0.219. The van der Waals surface area contributed by atoms with E-state index >= 15 is 0 Å². The minimum absolute atomic E-state index is 0.00709. The molecule has 0 aliphatic rings. The lowest BCUT2D eigenvalue weighted by molar-refractivity contribution is -0.122. The molecule has 3 N–H and O–H groups in total. The molecule has 0 radical (unpaired) electrons. The van der Waals surface area contributed by atoms with Crippen molar-refractivity contribution in [1.82, 2.24) is 16.0 Å². The molecule has 7 nitrogen and oxygen atoms in total. The standard InChI is InChI=1S/C24H49N3O4S2/c1-19(2)9-13-32-14-11-25-24(29)18-27-22(6)8-7-21(5)10-15-33(30,31)16-12-26-23(28)17-20(3)4/h19-22,27H,7-18H2,1-6H3,(H,25,29)(H,26,28). The zero-order chi connectivity index (χ0) is 25.3. The molecule has 0 rings (SSSR count). The maximum Gasteiger partial charge on any atom is 0.233 e. The van der Waals surface area contributed by atoms with E-state index in [1.165, 1.54) is 6.42 Å². The number of rotatable bonds is 20. The second-order valence-corrected chi connectivity index (χ2v) is 13.5. The molecule has 2 atom stereocenters. The van der Waals surface area contributed by atoms with E-state index in [-0.39, 0.29) is 47.7 Å². The molecule has 33 heavy (non-hydrogen) atoms. The van der Waals surface area contributed by atoms with Gasteiger partial charge in [0.2, 0.25) is 11.8 Å². The summed E-state index contributed by atoms with van der Waals surface area (Å²) in [6, 6.07) is 0.200. The largest absolute Gasteiger partial charge is 0.355 e. The van der Waals surface area contributed by atoms with Gasteiger partial charge in [0.1, 0.15) is 0 Å². The molecule has 0 bridgehead atoms. The van der Waals surface area contributed by atoms with E-state index in [0.29, 0.717) is 25.9 Å². The number of hydrogen-bond acceptors (Lipinski definition) is 6. The first-order chi connectivity index (χ1) is 15.4. The van der Waals surface area contributed by atoms with Crippen molar-refractivity contribution in [2.75, 3.05) is 42.6 Å². The molecule has 2 amide bonds. The third-order valence-corrected chi connectivity index (χ3v) is 8.06. The zero-order valence-corrected chi connectivity index (χ0v) is 23.4. The number of hydrogen-bond donors (Lipinski definition) is 3. The van der Waals surface area contributed by atoms with Crippen LogP contribution in [0.3, 0.4) is 0 Å². The Morgan fingerprint density at radius 2 is 1.42 bits per heavy atom. The molecule has 2 unspecified atom stereocenters. The molecule has 9 heteroatoms. The Bertz CT molecular complexity index is 640. The van der Waals surface area contributed by atoms with Crippen molar-refractivity contribution >= 4 is 33.4 Å². The summed E-state index contributed by atoms with van der Waals surface area (Å²) in [4.78, 5) is 23.6. The highest BCUT2D eigenvalue weighted by atomic mass is 32.2. The van der Waals surface area contributed by atoms with E-state index in [0.717, 1.165) is 30.3 Å². The van der Waals surface area contributed by atoms with E-state index in [1.807, 2.05) is 25.6 Å². The molecule has 0 fully saturated rings. The van der Waals surface area contributed by atoms with Gasteiger partial charge in [-0.15, -0.1) is 0 Å². The number of carbonyl (C=O) groups is 2. The molecule has 0 saturated carbocycles. The second-order valence-electron chi connectivity index (χ2n) is 10.00. The maximum atomic E-state index is 12.2. The maximum absolute atomic E-state index is 12.2. The van der Waals surface area contributed by atoms with Gasteiger partial charge in [-0.05, 0) is 56.1 Å². The van der Waals surface area contributed by atoms with Gasteiger partial charge in [0.25, 0.3) is 0 Å². The summed E-state index contributed by atoms with van der Waals surface area (Å²) in [6.45, 7) is 13.7. The lowest BCUT2D eigenvalue weighted by Crippen LogP contribution is -2.38. The van der Waals surface area contributed by atoms with E-state index in [2.05, 4.69) is 43.6 Å². The Morgan fingerprint density at radius 1 is 0.758 bits per heavy atom. The van der Waals surface area contributed by atoms with Gasteiger partial charge < -0.3 is 16.0 Å². The summed E-state index contributed by atoms with van der Waals surface area (Å²) < 4.78 is 24.4. The lowest BCUT2D eigenvalue weighted by atomic mass is 10.00. The van der Waals surface area contributed by atoms with Crippen LogP contribution < -0.4 is 16.0 Å². The number of nitrogens with one attached hydrogen (secondary N) is 3. The van der Waals surface area contributed by atoms with Crippen LogP contribution in [0.4, 0.5) is 0 Å². The summed E-state index contributed by atoms with van der Waals surface area (Å²) in [7, 11) is -3.17. The van der Waals surface area contributed by atoms with Gasteiger partial charge in [0.15, 0.2) is 9.84 Å². The molecule has 0 aromatic heterocycles. The second kappa shape index (κ2) is 18.5. The molecule has 0 spiro atoms. The molecule has 0 aliphatic heterocycles. The normalized spacial score (nSPS) is 13.8. The van der Waals surface area contributed by atoms with Gasteiger partial charge in [0.05, 0.1) is 18.1 Å². The van der Waals surface area contributed by atoms with Crippen molar-refractivity contribution in [2.24, 2.45) is 17.8 Å². The highest BCUT2D eigenvalue weighted by molar-refractivity contribution is 7.99. The molecule has 0 saturated heterocycles. The van der Waals surface area contributed by atoms with Crippen LogP contribution in [0.15, 0.2) is 0 Å². The predicted molar refractivity (Wildman–Crippen MR) is 141 cm³/mol. The first-order valence-corrected chi connectivity index (χ1v) is 15.4. The van der Waals surface area contributed by atoms with Gasteiger partial charge in [-0.2, -0.15) is 11.8 Å². The van der Waals surface area contributed by atoms with Crippen LogP contribution in [0.2, 0.25) is 0 Å². The van der Waals surface area contributed by atoms with E-state index in [9.17, 15) is 18.0 Å². The fourth-order valence-corrected chi connectivity index (χ4v) is 5.53. The van der Waals surface area contributed by atoms with E-state index in [1.54, 1.807) is 0 Å². The van der Waals surface area contributed by atoms with Crippen LogP contribution in [0.25, 0.3) is 0 Å². The monoisotopic (exact) mass is 507 g/mol. The molecular weight excluding hydrogens is 458 g/mol. The Balaban J connectivity index is 3.87. The van der Waals surface area contributed by atoms with E-state index in [4.69, 9.17) is 0 Å². The summed E-state index contributed by atoms with van der Waals surface area (Å²) in [5.41, 5.74) is 0. The molecule has 0 aromatic carbocycles. The first kappa shape index (κ1) is 32.2. The number of amides is 2. The third kappa shape index (κ3) is 21.5. The molecule has 0 aliphatic carbocycles. The van der Waals surface area contributed by atoms with Gasteiger partial charge in [-0.1, -0.05) is 34.6 Å². The Hall–Kier alpha value is -0.800. The predicted octanol–water partition coefficient (Wildman–Crippen LogP) is 3.24.